The fourth-order valence-corrected chi connectivity index (χ4v) is 7.73. The standard InChI is InChI=1S/C20H24O7/c1-8(6-21)18-13(26-18)14-20(27-14)17(2)4-3-9-10(7-24-15(9)22)11(17)5-12-19(20,25-12)16(18)23/h8,11-14,16,21,23H,3-7H2,1-2H3/t8?,11-,12-,13-,14-,16+,17-,18-,19+,20+/m0/s1. The quantitative estimate of drug-likeness (QED) is 0.519. The minimum atomic E-state index is -0.810. The van der Waals surface area contributed by atoms with Crippen molar-refractivity contribution in [1.29, 1.82) is 0 Å². The fourth-order valence-electron chi connectivity index (χ4n) is 7.73. The Morgan fingerprint density at radius 1 is 1.26 bits per heavy atom. The molecule has 1 unspecified atom stereocenters. The normalized spacial score (nSPS) is 62.2. The fraction of sp³-hybridized carbons (Fsp3) is 0.850. The highest BCUT2D eigenvalue weighted by Crippen LogP contribution is 2.82. The molecule has 5 fully saturated rings. The first-order valence-corrected chi connectivity index (χ1v) is 10.1. The van der Waals surface area contributed by atoms with Gasteiger partial charge in [0.15, 0.2) is 5.60 Å². The molecule has 7 nitrogen and oxygen atoms in total. The zero-order chi connectivity index (χ0) is 18.6. The van der Waals surface area contributed by atoms with Crippen LogP contribution < -0.4 is 0 Å². The lowest BCUT2D eigenvalue weighted by Gasteiger charge is -2.53. The average Bonchev–Trinajstić information content (AvgIpc) is 3.54. The van der Waals surface area contributed by atoms with Crippen LogP contribution in [-0.2, 0) is 23.7 Å². The number of esters is 1. The van der Waals surface area contributed by atoms with Crippen LogP contribution in [-0.4, -0.2) is 70.6 Å². The summed E-state index contributed by atoms with van der Waals surface area (Å²) in [7, 11) is 0. The van der Waals surface area contributed by atoms with E-state index in [1.165, 1.54) is 0 Å². The lowest BCUT2D eigenvalue weighted by atomic mass is 9.46. The molecule has 0 aromatic heterocycles. The van der Waals surface area contributed by atoms with Crippen LogP contribution in [0.3, 0.4) is 0 Å². The van der Waals surface area contributed by atoms with Gasteiger partial charge in [-0.25, -0.2) is 4.79 Å². The second kappa shape index (κ2) is 4.14. The second-order valence-corrected chi connectivity index (χ2v) is 9.84. The minimum absolute atomic E-state index is 0.0381. The van der Waals surface area contributed by atoms with Crippen molar-refractivity contribution in [3.8, 4) is 0 Å². The van der Waals surface area contributed by atoms with Gasteiger partial charge in [0.25, 0.3) is 0 Å². The van der Waals surface area contributed by atoms with Gasteiger partial charge in [-0.3, -0.25) is 0 Å². The Kier molecular flexibility index (Phi) is 2.43. The zero-order valence-corrected chi connectivity index (χ0v) is 15.4. The van der Waals surface area contributed by atoms with E-state index < -0.39 is 22.9 Å². The maximum Gasteiger partial charge on any atom is 0.334 e. The van der Waals surface area contributed by atoms with Crippen LogP contribution in [0, 0.1) is 17.3 Å². The van der Waals surface area contributed by atoms with E-state index in [-0.39, 0.29) is 48.1 Å². The lowest BCUT2D eigenvalue weighted by Crippen LogP contribution is -2.69. The maximum atomic E-state index is 12.1. The topological polar surface area (TPSA) is 104 Å². The molecule has 7 aliphatic rings. The third-order valence-corrected chi connectivity index (χ3v) is 9.24. The first kappa shape index (κ1) is 15.9. The van der Waals surface area contributed by atoms with Gasteiger partial charge < -0.3 is 29.2 Å². The van der Waals surface area contributed by atoms with Crippen molar-refractivity contribution in [2.75, 3.05) is 13.2 Å². The van der Waals surface area contributed by atoms with Crippen molar-refractivity contribution in [3.63, 3.8) is 0 Å². The van der Waals surface area contributed by atoms with Crippen molar-refractivity contribution in [1.82, 2.24) is 0 Å². The molecule has 2 saturated carbocycles. The molecule has 0 bridgehead atoms. The van der Waals surface area contributed by atoms with Crippen LogP contribution in [0.25, 0.3) is 0 Å². The number of carbonyl (C=O) groups is 1. The Hall–Kier alpha value is -0.990. The summed E-state index contributed by atoms with van der Waals surface area (Å²) >= 11 is 0. The van der Waals surface area contributed by atoms with Gasteiger partial charge in [-0.15, -0.1) is 0 Å². The summed E-state index contributed by atoms with van der Waals surface area (Å²) in [6.45, 7) is 4.49. The van der Waals surface area contributed by atoms with Crippen LogP contribution >= 0.6 is 0 Å². The SMILES string of the molecule is CC(CO)[C@]12O[C@H]1[C@@H]1O[C@]13[C@]1(O[C@H]1C[C@H]1C4=C(CC[C@@]13C)C(=O)OC4)[C@@H]2O. The molecule has 7 rings (SSSR count). The first-order valence-electron chi connectivity index (χ1n) is 10.1. The highest BCUT2D eigenvalue weighted by atomic mass is 16.7. The number of hydrogen-bond acceptors (Lipinski definition) is 7. The molecule has 2 N–H and O–H groups in total. The minimum Gasteiger partial charge on any atom is -0.458 e. The predicted octanol–water partition coefficient (Wildman–Crippen LogP) is 0.0755. The Balaban J connectivity index is 1.36. The van der Waals surface area contributed by atoms with Gasteiger partial charge >= 0.3 is 5.97 Å². The molecule has 3 aliphatic carbocycles. The predicted molar refractivity (Wildman–Crippen MR) is 88.5 cm³/mol. The van der Waals surface area contributed by atoms with E-state index in [0.717, 1.165) is 24.0 Å². The summed E-state index contributed by atoms with van der Waals surface area (Å²) in [5.41, 5.74) is -0.338. The highest BCUT2D eigenvalue weighted by molar-refractivity contribution is 5.92. The lowest BCUT2D eigenvalue weighted by molar-refractivity contribution is -0.136. The number of fused-ring (bicyclic) bond motifs is 4. The Bertz CT molecular complexity index is 838. The number of ether oxygens (including phenoxy) is 4. The summed E-state index contributed by atoms with van der Waals surface area (Å²) in [5, 5.41) is 21.2. The summed E-state index contributed by atoms with van der Waals surface area (Å²) in [5.74, 6) is -0.172. The van der Waals surface area contributed by atoms with Crippen molar-refractivity contribution in [2.24, 2.45) is 17.3 Å². The molecule has 7 heteroatoms. The summed E-state index contributed by atoms with van der Waals surface area (Å²) in [6.07, 6.45) is 1.06. The van der Waals surface area contributed by atoms with Gasteiger partial charge in [0.1, 0.15) is 36.1 Å². The molecular weight excluding hydrogens is 352 g/mol. The number of aliphatic hydroxyl groups excluding tert-OH is 2. The summed E-state index contributed by atoms with van der Waals surface area (Å²) in [4.78, 5) is 12.1. The molecular formula is C20H24O7. The number of epoxide rings is 3. The molecule has 146 valence electrons. The van der Waals surface area contributed by atoms with E-state index in [2.05, 4.69) is 6.92 Å². The smallest absolute Gasteiger partial charge is 0.334 e. The third-order valence-electron chi connectivity index (χ3n) is 9.24. The van der Waals surface area contributed by atoms with Crippen LogP contribution in [0.4, 0.5) is 0 Å². The Morgan fingerprint density at radius 3 is 2.85 bits per heavy atom. The highest BCUT2D eigenvalue weighted by Gasteiger charge is 3.00. The molecule has 27 heavy (non-hydrogen) atoms. The zero-order valence-electron chi connectivity index (χ0n) is 15.4. The third kappa shape index (κ3) is 1.30. The van der Waals surface area contributed by atoms with Gasteiger partial charge in [-0.2, -0.15) is 0 Å². The molecule has 0 aromatic carbocycles. The van der Waals surface area contributed by atoms with Crippen LogP contribution in [0.5, 0.6) is 0 Å². The molecule has 4 aliphatic heterocycles. The molecule has 0 aromatic rings. The van der Waals surface area contributed by atoms with Gasteiger partial charge in [-0.05, 0) is 30.8 Å². The van der Waals surface area contributed by atoms with E-state index in [4.69, 9.17) is 18.9 Å². The monoisotopic (exact) mass is 376 g/mol. The molecule has 2 spiro atoms. The van der Waals surface area contributed by atoms with E-state index in [1.54, 1.807) is 0 Å². The summed E-state index contributed by atoms with van der Waals surface area (Å²) in [6, 6.07) is 0. The first-order chi connectivity index (χ1) is 12.9. The number of hydrogen-bond donors (Lipinski definition) is 2. The van der Waals surface area contributed by atoms with E-state index in [9.17, 15) is 15.0 Å². The van der Waals surface area contributed by atoms with Gasteiger partial charge in [0.05, 0.1) is 6.10 Å². The van der Waals surface area contributed by atoms with Crippen molar-refractivity contribution < 1.29 is 34.0 Å². The van der Waals surface area contributed by atoms with E-state index >= 15 is 0 Å². The van der Waals surface area contributed by atoms with E-state index in [1.807, 2.05) is 6.92 Å². The van der Waals surface area contributed by atoms with E-state index in [0.29, 0.717) is 13.0 Å². The average molecular weight is 376 g/mol. The number of carbonyl (C=O) groups excluding carboxylic acids is 1. The molecule has 0 radical (unpaired) electrons. The number of rotatable bonds is 2. The maximum absolute atomic E-state index is 12.1. The van der Waals surface area contributed by atoms with Gasteiger partial charge in [0, 0.05) is 23.5 Å². The Labute approximate surface area is 156 Å². The van der Waals surface area contributed by atoms with Crippen LogP contribution in [0.1, 0.15) is 33.1 Å². The van der Waals surface area contributed by atoms with Gasteiger partial charge in [-0.1, -0.05) is 13.8 Å². The second-order valence-electron chi connectivity index (χ2n) is 9.84. The number of cyclic esters (lactones) is 1. The Morgan fingerprint density at radius 2 is 2.07 bits per heavy atom. The van der Waals surface area contributed by atoms with Crippen molar-refractivity contribution in [2.45, 2.75) is 74.3 Å². The largest absolute Gasteiger partial charge is 0.458 e. The molecule has 3 saturated heterocycles. The van der Waals surface area contributed by atoms with Crippen LogP contribution in [0.15, 0.2) is 11.1 Å². The molecule has 10 atom stereocenters. The number of aliphatic hydroxyl groups is 2. The molecule has 4 heterocycles. The van der Waals surface area contributed by atoms with Crippen molar-refractivity contribution in [3.05, 3.63) is 11.1 Å². The van der Waals surface area contributed by atoms with Crippen molar-refractivity contribution >= 4 is 5.97 Å². The van der Waals surface area contributed by atoms with Crippen LogP contribution in [0.2, 0.25) is 0 Å². The summed E-state index contributed by atoms with van der Waals surface area (Å²) < 4.78 is 24.2. The molecule has 0 amide bonds. The van der Waals surface area contributed by atoms with Gasteiger partial charge in [0.2, 0.25) is 0 Å².